The van der Waals surface area contributed by atoms with Crippen molar-refractivity contribution in [2.45, 2.75) is 0 Å². The van der Waals surface area contributed by atoms with Gasteiger partial charge in [0, 0.05) is 11.6 Å². The summed E-state index contributed by atoms with van der Waals surface area (Å²) in [7, 11) is 1.45. The quantitative estimate of drug-likeness (QED) is 0.875. The first kappa shape index (κ1) is 13.4. The zero-order valence-electron chi connectivity index (χ0n) is 10.9. The van der Waals surface area contributed by atoms with Gasteiger partial charge >= 0.3 is 0 Å². The number of rotatable bonds is 3. The van der Waals surface area contributed by atoms with Crippen LogP contribution in [0, 0.1) is 0 Å². The lowest BCUT2D eigenvalue weighted by molar-refractivity contribution is 0.102. The van der Waals surface area contributed by atoms with Gasteiger partial charge < -0.3 is 14.2 Å². The van der Waals surface area contributed by atoms with E-state index in [0.29, 0.717) is 17.1 Å². The molecule has 0 fully saturated rings. The molecule has 1 aromatic heterocycles. The van der Waals surface area contributed by atoms with Gasteiger partial charge in [0.05, 0.1) is 7.11 Å². The van der Waals surface area contributed by atoms with Crippen LogP contribution in [0.1, 0.15) is 10.4 Å². The third-order valence-corrected chi connectivity index (χ3v) is 2.93. The number of hydrogen-bond donors (Lipinski definition) is 1. The molecule has 0 saturated carbocycles. The second-order valence-corrected chi connectivity index (χ2v) is 4.47. The molecule has 1 amide bonds. The lowest BCUT2D eigenvalue weighted by atomic mass is 10.2. The van der Waals surface area contributed by atoms with Crippen molar-refractivity contribution in [3.63, 3.8) is 0 Å². The fraction of sp³-hybridized carbons (Fsp3) is 0.154. The summed E-state index contributed by atoms with van der Waals surface area (Å²) >= 11 is 5.82. The Morgan fingerprint density at radius 3 is 2.90 bits per heavy atom. The molecule has 0 unspecified atom stereocenters. The number of ether oxygens (including phenoxy) is 3. The molecule has 21 heavy (non-hydrogen) atoms. The highest BCUT2D eigenvalue weighted by atomic mass is 35.5. The molecule has 0 saturated heterocycles. The molecule has 8 heteroatoms. The van der Waals surface area contributed by atoms with Gasteiger partial charge in [0.2, 0.25) is 18.6 Å². The normalized spacial score (nSPS) is 12.1. The number of amides is 1. The smallest absolute Gasteiger partial charge is 0.258 e. The van der Waals surface area contributed by atoms with E-state index in [9.17, 15) is 4.79 Å². The van der Waals surface area contributed by atoms with Crippen molar-refractivity contribution in [3.8, 4) is 17.4 Å². The third kappa shape index (κ3) is 2.82. The summed E-state index contributed by atoms with van der Waals surface area (Å²) in [6, 6.07) is 6.30. The lowest BCUT2D eigenvalue weighted by Crippen LogP contribution is -2.14. The molecule has 0 aliphatic carbocycles. The number of halogens is 1. The Kier molecular flexibility index (Phi) is 3.49. The first-order valence-corrected chi connectivity index (χ1v) is 6.33. The van der Waals surface area contributed by atoms with Crippen LogP contribution in [0.15, 0.2) is 24.3 Å². The Balaban J connectivity index is 1.81. The molecule has 2 aromatic rings. The maximum atomic E-state index is 12.2. The van der Waals surface area contributed by atoms with E-state index in [2.05, 4.69) is 15.3 Å². The predicted molar refractivity (Wildman–Crippen MR) is 74.1 cm³/mol. The number of methoxy groups -OCH3 is 1. The van der Waals surface area contributed by atoms with Crippen molar-refractivity contribution in [2.24, 2.45) is 0 Å². The minimum absolute atomic E-state index is 0.0574. The van der Waals surface area contributed by atoms with Crippen LogP contribution in [0.2, 0.25) is 5.15 Å². The number of benzene rings is 1. The lowest BCUT2D eigenvalue weighted by Gasteiger charge is -2.06. The van der Waals surface area contributed by atoms with Crippen LogP contribution >= 0.6 is 11.6 Å². The van der Waals surface area contributed by atoms with Crippen molar-refractivity contribution in [1.82, 2.24) is 9.97 Å². The van der Waals surface area contributed by atoms with Crippen LogP contribution in [-0.4, -0.2) is 29.8 Å². The van der Waals surface area contributed by atoms with Gasteiger partial charge in [-0.15, -0.1) is 0 Å². The summed E-state index contributed by atoms with van der Waals surface area (Å²) in [5.74, 6) is 1.05. The number of fused-ring (bicyclic) bond motifs is 1. The van der Waals surface area contributed by atoms with E-state index < -0.39 is 5.91 Å². The number of carbonyl (C=O) groups is 1. The Bertz CT molecular complexity index is 708. The number of aromatic nitrogens is 2. The molecule has 0 spiro atoms. The van der Waals surface area contributed by atoms with Gasteiger partial charge in [0.25, 0.3) is 5.91 Å². The highest BCUT2D eigenvalue weighted by Crippen LogP contribution is 2.32. The molecule has 2 heterocycles. The van der Waals surface area contributed by atoms with Gasteiger partial charge in [-0.2, -0.15) is 4.98 Å². The van der Waals surface area contributed by atoms with Crippen molar-refractivity contribution in [1.29, 1.82) is 0 Å². The van der Waals surface area contributed by atoms with Crippen molar-refractivity contribution < 1.29 is 19.0 Å². The third-order valence-electron chi connectivity index (χ3n) is 2.74. The van der Waals surface area contributed by atoms with E-state index in [4.69, 9.17) is 25.8 Å². The van der Waals surface area contributed by atoms with E-state index >= 15 is 0 Å². The van der Waals surface area contributed by atoms with Crippen molar-refractivity contribution >= 4 is 23.5 Å². The van der Waals surface area contributed by atoms with Gasteiger partial charge in [0.15, 0.2) is 11.5 Å². The average molecular weight is 308 g/mol. The van der Waals surface area contributed by atoms with Crippen molar-refractivity contribution in [3.05, 3.63) is 35.0 Å². The predicted octanol–water partition coefficient (Wildman–Crippen LogP) is 2.12. The van der Waals surface area contributed by atoms with Crippen LogP contribution in [0.5, 0.6) is 17.4 Å². The molecule has 0 atom stereocenters. The topological polar surface area (TPSA) is 82.6 Å². The van der Waals surface area contributed by atoms with Crippen LogP contribution in [0.3, 0.4) is 0 Å². The maximum Gasteiger partial charge on any atom is 0.258 e. The summed E-state index contributed by atoms with van der Waals surface area (Å²) in [4.78, 5) is 20.0. The minimum Gasteiger partial charge on any atom is -0.481 e. The van der Waals surface area contributed by atoms with Gasteiger partial charge in [-0.05, 0) is 18.2 Å². The summed E-state index contributed by atoms with van der Waals surface area (Å²) in [5, 5.41) is 2.71. The summed E-state index contributed by atoms with van der Waals surface area (Å²) in [6.45, 7) is 0.148. The van der Waals surface area contributed by atoms with Crippen LogP contribution < -0.4 is 19.5 Å². The first-order chi connectivity index (χ1) is 10.2. The zero-order valence-corrected chi connectivity index (χ0v) is 11.7. The molecule has 1 aliphatic rings. The molecule has 1 aliphatic heterocycles. The van der Waals surface area contributed by atoms with Crippen molar-refractivity contribution in [2.75, 3.05) is 19.2 Å². The Morgan fingerprint density at radius 2 is 2.10 bits per heavy atom. The first-order valence-electron chi connectivity index (χ1n) is 5.95. The fourth-order valence-corrected chi connectivity index (χ4v) is 1.94. The van der Waals surface area contributed by atoms with E-state index in [1.807, 2.05) is 0 Å². The molecule has 1 aromatic carbocycles. The molecule has 7 nitrogen and oxygen atoms in total. The molecule has 0 bridgehead atoms. The molecule has 1 N–H and O–H groups in total. The number of carbonyl (C=O) groups excluding carboxylic acids is 1. The highest BCUT2D eigenvalue weighted by molar-refractivity contribution is 6.29. The number of nitrogens with one attached hydrogen (secondary N) is 1. The van der Waals surface area contributed by atoms with Crippen LogP contribution in [0.25, 0.3) is 0 Å². The zero-order chi connectivity index (χ0) is 14.8. The monoisotopic (exact) mass is 307 g/mol. The maximum absolute atomic E-state index is 12.2. The molecular formula is C13H10ClN3O4. The SMILES string of the molecule is COc1cc(Cl)nc(NC(=O)c2ccc3c(c2)OCO3)n1. The molecule has 108 valence electrons. The van der Waals surface area contributed by atoms with Crippen LogP contribution in [-0.2, 0) is 0 Å². The summed E-state index contributed by atoms with van der Waals surface area (Å²) in [5.41, 5.74) is 0.391. The van der Waals surface area contributed by atoms with Gasteiger partial charge in [-0.25, -0.2) is 4.98 Å². The molecular weight excluding hydrogens is 298 g/mol. The number of nitrogens with zero attached hydrogens (tertiary/aromatic N) is 2. The van der Waals surface area contributed by atoms with Gasteiger partial charge in [-0.3, -0.25) is 10.1 Å². The highest BCUT2D eigenvalue weighted by Gasteiger charge is 2.17. The largest absolute Gasteiger partial charge is 0.481 e. The standard InChI is InChI=1S/C13H10ClN3O4/c1-19-11-5-10(14)15-13(16-11)17-12(18)7-2-3-8-9(4-7)21-6-20-8/h2-5H,6H2,1H3,(H,15,16,17,18). The fourth-order valence-electron chi connectivity index (χ4n) is 1.77. The second-order valence-electron chi connectivity index (χ2n) is 4.08. The van der Waals surface area contributed by atoms with Crippen LogP contribution in [0.4, 0.5) is 5.95 Å². The van der Waals surface area contributed by atoms with Gasteiger partial charge in [-0.1, -0.05) is 11.6 Å². The van der Waals surface area contributed by atoms with E-state index in [-0.39, 0.29) is 23.8 Å². The van der Waals surface area contributed by atoms with E-state index in [1.54, 1.807) is 18.2 Å². The van der Waals surface area contributed by atoms with E-state index in [1.165, 1.54) is 13.2 Å². The molecule has 3 rings (SSSR count). The Morgan fingerprint density at radius 1 is 1.29 bits per heavy atom. The minimum atomic E-state index is -0.391. The second kappa shape index (κ2) is 5.45. The summed E-state index contributed by atoms with van der Waals surface area (Å²) < 4.78 is 15.4. The summed E-state index contributed by atoms with van der Waals surface area (Å²) in [6.07, 6.45) is 0. The van der Waals surface area contributed by atoms with Gasteiger partial charge in [0.1, 0.15) is 5.15 Å². The number of hydrogen-bond acceptors (Lipinski definition) is 6. The Hall–Kier alpha value is -2.54. The van der Waals surface area contributed by atoms with E-state index in [0.717, 1.165) is 0 Å². The Labute approximate surface area is 124 Å². The average Bonchev–Trinajstić information content (AvgIpc) is 2.93. The molecule has 0 radical (unpaired) electrons. The number of anilines is 1.